The van der Waals surface area contributed by atoms with Crippen LogP contribution in [0.2, 0.25) is 0 Å². The Balaban J connectivity index is 2.08. The third-order valence-corrected chi connectivity index (χ3v) is 3.42. The van der Waals surface area contributed by atoms with E-state index in [1.807, 2.05) is 13.8 Å². The molecule has 88 valence electrons. The molecule has 1 aliphatic heterocycles. The minimum Gasteiger partial charge on any atom is -0.303 e. The van der Waals surface area contributed by atoms with E-state index in [4.69, 9.17) is 0 Å². The molecule has 0 aromatic rings. The summed E-state index contributed by atoms with van der Waals surface area (Å²) in [4.78, 5) is 13.9. The number of rotatable bonds is 5. The molecule has 1 heterocycles. The number of hydrogen-bond acceptors (Lipinski definition) is 2. The molecule has 0 aromatic heterocycles. The van der Waals surface area contributed by atoms with Gasteiger partial charge in [-0.3, -0.25) is 4.79 Å². The van der Waals surface area contributed by atoms with E-state index < -0.39 is 0 Å². The number of piperidine rings is 1. The number of Topliss-reactive ketones (excluding diaryl/α,β-unsaturated/α-hetero) is 1. The molecule has 0 atom stereocenters. The molecule has 15 heavy (non-hydrogen) atoms. The maximum Gasteiger partial charge on any atom is 0.135 e. The number of ketones is 1. The Hall–Kier alpha value is -0.370. The standard InChI is InChI=1S/C13H25NO/c1-11(2)13(15)5-4-8-14-9-6-12(3)7-10-14/h11-12H,4-10H2,1-3H3. The molecule has 1 aliphatic rings. The molecular formula is C13H25NO. The third kappa shape index (κ3) is 4.78. The smallest absolute Gasteiger partial charge is 0.135 e. The second-order valence-electron chi connectivity index (χ2n) is 5.25. The van der Waals surface area contributed by atoms with Gasteiger partial charge in [0.05, 0.1) is 0 Å². The molecule has 0 aliphatic carbocycles. The summed E-state index contributed by atoms with van der Waals surface area (Å²) in [6.45, 7) is 9.90. The molecular weight excluding hydrogens is 186 g/mol. The lowest BCUT2D eigenvalue weighted by Gasteiger charge is -2.30. The summed E-state index contributed by atoms with van der Waals surface area (Å²) in [5, 5.41) is 0. The fourth-order valence-corrected chi connectivity index (χ4v) is 2.05. The first-order chi connectivity index (χ1) is 7.09. The highest BCUT2D eigenvalue weighted by Gasteiger charge is 2.15. The highest BCUT2D eigenvalue weighted by atomic mass is 16.1. The number of hydrogen-bond donors (Lipinski definition) is 0. The van der Waals surface area contributed by atoms with Crippen molar-refractivity contribution in [2.24, 2.45) is 11.8 Å². The largest absolute Gasteiger partial charge is 0.303 e. The van der Waals surface area contributed by atoms with Crippen molar-refractivity contribution in [2.75, 3.05) is 19.6 Å². The van der Waals surface area contributed by atoms with Crippen LogP contribution in [0.4, 0.5) is 0 Å². The minimum absolute atomic E-state index is 0.214. The first-order valence-corrected chi connectivity index (χ1v) is 6.34. The van der Waals surface area contributed by atoms with Gasteiger partial charge in [-0.2, -0.15) is 0 Å². The summed E-state index contributed by atoms with van der Waals surface area (Å²) in [7, 11) is 0. The van der Waals surface area contributed by atoms with Gasteiger partial charge in [0.2, 0.25) is 0 Å². The Bertz CT molecular complexity index is 193. The summed E-state index contributed by atoms with van der Waals surface area (Å²) >= 11 is 0. The molecule has 0 amide bonds. The Kier molecular flexibility index (Phi) is 5.30. The van der Waals surface area contributed by atoms with Crippen molar-refractivity contribution >= 4 is 5.78 Å². The average Bonchev–Trinajstić information content (AvgIpc) is 2.20. The van der Waals surface area contributed by atoms with Crippen molar-refractivity contribution in [2.45, 2.75) is 46.5 Å². The summed E-state index contributed by atoms with van der Waals surface area (Å²) in [6, 6.07) is 0. The normalized spacial score (nSPS) is 19.7. The SMILES string of the molecule is CC1CCN(CCCC(=O)C(C)C)CC1. The van der Waals surface area contributed by atoms with Crippen LogP contribution in [-0.2, 0) is 4.79 Å². The Morgan fingerprint density at radius 1 is 1.33 bits per heavy atom. The monoisotopic (exact) mass is 211 g/mol. The molecule has 0 saturated carbocycles. The van der Waals surface area contributed by atoms with Crippen molar-refractivity contribution in [1.29, 1.82) is 0 Å². The Morgan fingerprint density at radius 2 is 1.93 bits per heavy atom. The van der Waals surface area contributed by atoms with Crippen molar-refractivity contribution in [3.63, 3.8) is 0 Å². The lowest BCUT2D eigenvalue weighted by Crippen LogP contribution is -2.33. The van der Waals surface area contributed by atoms with E-state index in [9.17, 15) is 4.79 Å². The number of likely N-dealkylation sites (tertiary alicyclic amines) is 1. The van der Waals surface area contributed by atoms with Gasteiger partial charge in [-0.15, -0.1) is 0 Å². The molecule has 1 saturated heterocycles. The van der Waals surface area contributed by atoms with Crippen LogP contribution in [0.1, 0.15) is 46.5 Å². The van der Waals surface area contributed by atoms with Crippen molar-refractivity contribution in [3.8, 4) is 0 Å². The van der Waals surface area contributed by atoms with E-state index in [-0.39, 0.29) is 5.92 Å². The lowest BCUT2D eigenvalue weighted by molar-refractivity contribution is -0.122. The number of carbonyl (C=O) groups is 1. The molecule has 0 bridgehead atoms. The number of carbonyl (C=O) groups excluding carboxylic acids is 1. The molecule has 2 nitrogen and oxygen atoms in total. The zero-order valence-corrected chi connectivity index (χ0v) is 10.5. The van der Waals surface area contributed by atoms with E-state index in [0.717, 1.165) is 25.3 Å². The van der Waals surface area contributed by atoms with Gasteiger partial charge in [0, 0.05) is 12.3 Å². The van der Waals surface area contributed by atoms with E-state index in [1.165, 1.54) is 25.9 Å². The van der Waals surface area contributed by atoms with Gasteiger partial charge in [-0.1, -0.05) is 20.8 Å². The summed E-state index contributed by atoms with van der Waals surface area (Å²) in [5.41, 5.74) is 0. The topological polar surface area (TPSA) is 20.3 Å². The van der Waals surface area contributed by atoms with Gasteiger partial charge < -0.3 is 4.90 Å². The Morgan fingerprint density at radius 3 is 2.47 bits per heavy atom. The third-order valence-electron chi connectivity index (χ3n) is 3.42. The van der Waals surface area contributed by atoms with Crippen LogP contribution in [-0.4, -0.2) is 30.3 Å². The van der Waals surface area contributed by atoms with Crippen LogP contribution in [0.15, 0.2) is 0 Å². The molecule has 0 aromatic carbocycles. The highest BCUT2D eigenvalue weighted by molar-refractivity contribution is 5.80. The van der Waals surface area contributed by atoms with Gasteiger partial charge >= 0.3 is 0 Å². The van der Waals surface area contributed by atoms with Gasteiger partial charge in [0.1, 0.15) is 5.78 Å². The van der Waals surface area contributed by atoms with Crippen LogP contribution in [0.25, 0.3) is 0 Å². The fraction of sp³-hybridized carbons (Fsp3) is 0.923. The molecule has 0 N–H and O–H groups in total. The number of nitrogens with zero attached hydrogens (tertiary/aromatic N) is 1. The van der Waals surface area contributed by atoms with Crippen molar-refractivity contribution in [3.05, 3.63) is 0 Å². The second-order valence-corrected chi connectivity index (χ2v) is 5.25. The zero-order valence-electron chi connectivity index (χ0n) is 10.5. The van der Waals surface area contributed by atoms with Gasteiger partial charge in [0.15, 0.2) is 0 Å². The van der Waals surface area contributed by atoms with E-state index >= 15 is 0 Å². The molecule has 1 fully saturated rings. The van der Waals surface area contributed by atoms with Crippen LogP contribution in [0, 0.1) is 11.8 Å². The first-order valence-electron chi connectivity index (χ1n) is 6.34. The van der Waals surface area contributed by atoms with E-state index in [1.54, 1.807) is 0 Å². The van der Waals surface area contributed by atoms with Gasteiger partial charge in [0.25, 0.3) is 0 Å². The first kappa shape index (κ1) is 12.7. The minimum atomic E-state index is 0.214. The van der Waals surface area contributed by atoms with Crippen LogP contribution >= 0.6 is 0 Å². The maximum atomic E-state index is 11.4. The lowest BCUT2D eigenvalue weighted by atomic mass is 9.98. The predicted molar refractivity (Wildman–Crippen MR) is 63.9 cm³/mol. The van der Waals surface area contributed by atoms with Crippen molar-refractivity contribution < 1.29 is 4.79 Å². The van der Waals surface area contributed by atoms with Gasteiger partial charge in [-0.25, -0.2) is 0 Å². The average molecular weight is 211 g/mol. The summed E-state index contributed by atoms with van der Waals surface area (Å²) in [6.07, 6.45) is 4.48. The molecule has 0 unspecified atom stereocenters. The Labute approximate surface area is 94.0 Å². The van der Waals surface area contributed by atoms with Crippen LogP contribution < -0.4 is 0 Å². The van der Waals surface area contributed by atoms with E-state index in [0.29, 0.717) is 5.78 Å². The highest BCUT2D eigenvalue weighted by Crippen LogP contribution is 2.16. The summed E-state index contributed by atoms with van der Waals surface area (Å²) in [5.74, 6) is 1.53. The predicted octanol–water partition coefficient (Wildman–Crippen LogP) is 2.72. The van der Waals surface area contributed by atoms with Crippen LogP contribution in [0.3, 0.4) is 0 Å². The second kappa shape index (κ2) is 6.26. The zero-order chi connectivity index (χ0) is 11.3. The maximum absolute atomic E-state index is 11.4. The van der Waals surface area contributed by atoms with Crippen molar-refractivity contribution in [1.82, 2.24) is 4.90 Å². The van der Waals surface area contributed by atoms with E-state index in [2.05, 4.69) is 11.8 Å². The van der Waals surface area contributed by atoms with Crippen LogP contribution in [0.5, 0.6) is 0 Å². The quantitative estimate of drug-likeness (QED) is 0.697. The summed E-state index contributed by atoms with van der Waals surface area (Å²) < 4.78 is 0. The molecule has 0 spiro atoms. The fourth-order valence-electron chi connectivity index (χ4n) is 2.05. The molecule has 0 radical (unpaired) electrons. The molecule has 1 rings (SSSR count). The molecule has 2 heteroatoms. The van der Waals surface area contributed by atoms with Gasteiger partial charge in [-0.05, 0) is 44.8 Å².